The summed E-state index contributed by atoms with van der Waals surface area (Å²) in [6.45, 7) is 6.15. The van der Waals surface area contributed by atoms with E-state index >= 15 is 0 Å². The van der Waals surface area contributed by atoms with Gasteiger partial charge in [0, 0.05) is 25.1 Å². The maximum Gasteiger partial charge on any atom is 0.269 e. The molecule has 0 radical (unpaired) electrons. The SMILES string of the molecule is CC(C)c1nnc(Cn2ncc(N3CCCC3)cc2=O)o1. The van der Waals surface area contributed by atoms with Gasteiger partial charge in [0.05, 0.1) is 11.9 Å². The first-order valence-electron chi connectivity index (χ1n) is 7.28. The predicted octanol–water partition coefficient (Wildman–Crippen LogP) is 1.40. The van der Waals surface area contributed by atoms with Crippen LogP contribution in [0, 0.1) is 0 Å². The van der Waals surface area contributed by atoms with E-state index in [4.69, 9.17) is 4.42 Å². The van der Waals surface area contributed by atoms with E-state index in [1.54, 1.807) is 12.3 Å². The smallest absolute Gasteiger partial charge is 0.269 e. The van der Waals surface area contributed by atoms with Gasteiger partial charge in [-0.15, -0.1) is 10.2 Å². The average molecular weight is 289 g/mol. The van der Waals surface area contributed by atoms with Crippen molar-refractivity contribution in [3.63, 3.8) is 0 Å². The molecule has 0 bridgehead atoms. The van der Waals surface area contributed by atoms with Crippen LogP contribution in [0.5, 0.6) is 0 Å². The second-order valence-corrected chi connectivity index (χ2v) is 5.59. The third-order valence-electron chi connectivity index (χ3n) is 3.59. The zero-order valence-electron chi connectivity index (χ0n) is 12.3. The van der Waals surface area contributed by atoms with Crippen molar-refractivity contribution < 1.29 is 4.42 Å². The fraction of sp³-hybridized carbons (Fsp3) is 0.571. The van der Waals surface area contributed by atoms with E-state index in [1.165, 1.54) is 17.5 Å². The van der Waals surface area contributed by atoms with Crippen LogP contribution >= 0.6 is 0 Å². The summed E-state index contributed by atoms with van der Waals surface area (Å²) < 4.78 is 6.85. The van der Waals surface area contributed by atoms with Crippen LogP contribution < -0.4 is 10.5 Å². The largest absolute Gasteiger partial charge is 0.423 e. The minimum atomic E-state index is -0.149. The lowest BCUT2D eigenvalue weighted by atomic mass is 10.2. The van der Waals surface area contributed by atoms with Gasteiger partial charge in [-0.1, -0.05) is 13.8 Å². The third-order valence-corrected chi connectivity index (χ3v) is 3.59. The molecule has 0 N–H and O–H groups in total. The predicted molar refractivity (Wildman–Crippen MR) is 77.4 cm³/mol. The van der Waals surface area contributed by atoms with E-state index in [2.05, 4.69) is 20.2 Å². The van der Waals surface area contributed by atoms with Crippen LogP contribution in [0.4, 0.5) is 5.69 Å². The molecule has 112 valence electrons. The van der Waals surface area contributed by atoms with Crippen molar-refractivity contribution in [1.82, 2.24) is 20.0 Å². The topological polar surface area (TPSA) is 77.1 Å². The molecule has 7 nitrogen and oxygen atoms in total. The molecule has 1 saturated heterocycles. The summed E-state index contributed by atoms with van der Waals surface area (Å²) >= 11 is 0. The van der Waals surface area contributed by atoms with Gasteiger partial charge in [0.1, 0.15) is 6.54 Å². The Balaban J connectivity index is 1.77. The summed E-state index contributed by atoms with van der Waals surface area (Å²) in [6.07, 6.45) is 4.07. The van der Waals surface area contributed by atoms with Crippen LogP contribution in [0.3, 0.4) is 0 Å². The molecule has 0 saturated carbocycles. The van der Waals surface area contributed by atoms with E-state index in [-0.39, 0.29) is 18.0 Å². The fourth-order valence-corrected chi connectivity index (χ4v) is 2.38. The van der Waals surface area contributed by atoms with E-state index in [1.807, 2.05) is 13.8 Å². The second kappa shape index (κ2) is 5.67. The minimum absolute atomic E-state index is 0.149. The highest BCUT2D eigenvalue weighted by atomic mass is 16.4. The van der Waals surface area contributed by atoms with Gasteiger partial charge >= 0.3 is 0 Å². The zero-order chi connectivity index (χ0) is 14.8. The zero-order valence-corrected chi connectivity index (χ0v) is 12.3. The molecule has 0 spiro atoms. The van der Waals surface area contributed by atoms with Gasteiger partial charge in [-0.3, -0.25) is 4.79 Å². The first-order valence-corrected chi connectivity index (χ1v) is 7.28. The van der Waals surface area contributed by atoms with Gasteiger partial charge in [-0.2, -0.15) is 5.10 Å². The molecule has 7 heteroatoms. The van der Waals surface area contributed by atoms with Crippen LogP contribution in [0.15, 0.2) is 21.5 Å². The highest BCUT2D eigenvalue weighted by Gasteiger charge is 2.15. The van der Waals surface area contributed by atoms with Crippen molar-refractivity contribution in [2.24, 2.45) is 0 Å². The van der Waals surface area contributed by atoms with Crippen LogP contribution in [0.1, 0.15) is 44.4 Å². The van der Waals surface area contributed by atoms with Gasteiger partial charge in [-0.25, -0.2) is 4.68 Å². The molecule has 3 heterocycles. The van der Waals surface area contributed by atoms with Gasteiger partial charge in [0.2, 0.25) is 11.8 Å². The molecule has 0 aromatic carbocycles. The van der Waals surface area contributed by atoms with E-state index in [9.17, 15) is 4.79 Å². The van der Waals surface area contributed by atoms with E-state index in [0.29, 0.717) is 11.8 Å². The number of hydrogen-bond donors (Lipinski definition) is 0. The van der Waals surface area contributed by atoms with Gasteiger partial charge < -0.3 is 9.32 Å². The molecule has 2 aromatic rings. The van der Waals surface area contributed by atoms with Gasteiger partial charge in [0.15, 0.2) is 0 Å². The monoisotopic (exact) mass is 289 g/mol. The Bertz CT molecular complexity index is 670. The quantitative estimate of drug-likeness (QED) is 0.846. The normalized spacial score (nSPS) is 15.1. The van der Waals surface area contributed by atoms with Gasteiger partial charge in [0.25, 0.3) is 5.56 Å². The maximum absolute atomic E-state index is 12.1. The number of hydrogen-bond acceptors (Lipinski definition) is 6. The standard InChI is InChI=1S/C14H19N5O2/c1-10(2)14-17-16-12(21-14)9-19-13(20)7-11(8-15-19)18-5-3-4-6-18/h7-8,10H,3-6,9H2,1-2H3. The molecule has 1 fully saturated rings. The average Bonchev–Trinajstić information content (AvgIpc) is 3.12. The lowest BCUT2D eigenvalue weighted by Gasteiger charge is -2.16. The Labute approximate surface area is 122 Å². The molecule has 0 aliphatic carbocycles. The first kappa shape index (κ1) is 13.8. The van der Waals surface area contributed by atoms with Crippen LogP contribution in [0.2, 0.25) is 0 Å². The molecule has 0 unspecified atom stereocenters. The van der Waals surface area contributed by atoms with Gasteiger partial charge in [-0.05, 0) is 12.8 Å². The summed E-state index contributed by atoms with van der Waals surface area (Å²) in [6, 6.07) is 1.62. The number of aromatic nitrogens is 4. The molecular formula is C14H19N5O2. The Morgan fingerprint density at radius 1 is 1.29 bits per heavy atom. The minimum Gasteiger partial charge on any atom is -0.423 e. The fourth-order valence-electron chi connectivity index (χ4n) is 2.38. The summed E-state index contributed by atoms with van der Waals surface area (Å²) in [5.74, 6) is 1.16. The summed E-state index contributed by atoms with van der Waals surface area (Å²) in [5, 5.41) is 12.1. The Kier molecular flexibility index (Phi) is 3.72. The first-order chi connectivity index (χ1) is 10.1. The molecule has 0 atom stereocenters. The van der Waals surface area contributed by atoms with Crippen LogP contribution in [-0.2, 0) is 6.54 Å². The molecule has 1 aliphatic rings. The second-order valence-electron chi connectivity index (χ2n) is 5.59. The van der Waals surface area contributed by atoms with Crippen LogP contribution in [0.25, 0.3) is 0 Å². The van der Waals surface area contributed by atoms with E-state index < -0.39 is 0 Å². The Morgan fingerprint density at radius 2 is 2.05 bits per heavy atom. The van der Waals surface area contributed by atoms with Crippen LogP contribution in [-0.4, -0.2) is 33.1 Å². The lowest BCUT2D eigenvalue weighted by Crippen LogP contribution is -2.26. The Morgan fingerprint density at radius 3 is 2.67 bits per heavy atom. The molecular weight excluding hydrogens is 270 g/mol. The van der Waals surface area contributed by atoms with Crippen molar-refractivity contribution >= 4 is 5.69 Å². The third kappa shape index (κ3) is 2.96. The maximum atomic E-state index is 12.1. The summed E-state index contributed by atoms with van der Waals surface area (Å²) in [4.78, 5) is 14.3. The van der Waals surface area contributed by atoms with Crippen molar-refractivity contribution in [3.8, 4) is 0 Å². The number of nitrogens with zero attached hydrogens (tertiary/aromatic N) is 5. The summed E-state index contributed by atoms with van der Waals surface area (Å²) in [7, 11) is 0. The van der Waals surface area contributed by atoms with Crippen molar-refractivity contribution in [1.29, 1.82) is 0 Å². The number of rotatable bonds is 4. The highest BCUT2D eigenvalue weighted by molar-refractivity contribution is 5.43. The highest BCUT2D eigenvalue weighted by Crippen LogP contribution is 2.17. The Hall–Kier alpha value is -2.18. The van der Waals surface area contributed by atoms with E-state index in [0.717, 1.165) is 18.8 Å². The molecule has 21 heavy (non-hydrogen) atoms. The molecule has 0 amide bonds. The summed E-state index contributed by atoms with van der Waals surface area (Å²) in [5.41, 5.74) is 0.742. The van der Waals surface area contributed by atoms with Crippen molar-refractivity contribution in [3.05, 3.63) is 34.4 Å². The van der Waals surface area contributed by atoms with Crippen molar-refractivity contribution in [2.45, 2.75) is 39.2 Å². The molecule has 2 aromatic heterocycles. The molecule has 1 aliphatic heterocycles. The van der Waals surface area contributed by atoms with Crippen molar-refractivity contribution in [2.75, 3.05) is 18.0 Å². The number of anilines is 1. The lowest BCUT2D eigenvalue weighted by molar-refractivity contribution is 0.411. The molecule has 3 rings (SSSR count).